The van der Waals surface area contributed by atoms with E-state index in [0.29, 0.717) is 5.69 Å². The monoisotopic (exact) mass is 258 g/mol. The first kappa shape index (κ1) is 12.6. The minimum absolute atomic E-state index is 0.105. The Hall–Kier alpha value is -2.89. The quantitative estimate of drug-likeness (QED) is 0.653. The first-order valence-corrected chi connectivity index (χ1v) is 5.42. The van der Waals surface area contributed by atoms with Crippen molar-refractivity contribution in [1.82, 2.24) is 0 Å². The fourth-order valence-electron chi connectivity index (χ4n) is 1.54. The molecule has 19 heavy (non-hydrogen) atoms. The van der Waals surface area contributed by atoms with Gasteiger partial charge in [0.1, 0.15) is 0 Å². The Morgan fingerprint density at radius 1 is 1.16 bits per heavy atom. The second-order valence-electron chi connectivity index (χ2n) is 3.78. The predicted molar refractivity (Wildman–Crippen MR) is 69.2 cm³/mol. The van der Waals surface area contributed by atoms with Gasteiger partial charge in [-0.2, -0.15) is 0 Å². The van der Waals surface area contributed by atoms with E-state index < -0.39 is 22.3 Å². The number of nitrogens with zero attached hydrogens (tertiary/aromatic N) is 1. The van der Waals surface area contributed by atoms with Crippen molar-refractivity contribution >= 4 is 17.3 Å². The molecule has 0 unspecified atom stereocenters. The maximum absolute atomic E-state index is 11.9. The average Bonchev–Trinajstić information content (AvgIpc) is 2.40. The number of carbonyl (C=O) groups is 1. The summed E-state index contributed by atoms with van der Waals surface area (Å²) in [5, 5.41) is 22.6. The molecule has 0 fully saturated rings. The lowest BCUT2D eigenvalue weighted by Gasteiger charge is -2.05. The molecule has 0 aromatic heterocycles. The van der Waals surface area contributed by atoms with E-state index in [1.807, 2.05) is 0 Å². The fourth-order valence-corrected chi connectivity index (χ4v) is 1.54. The number of nitro benzene ring substituents is 1. The van der Waals surface area contributed by atoms with Gasteiger partial charge in [0.15, 0.2) is 5.75 Å². The maximum atomic E-state index is 11.9. The maximum Gasteiger partial charge on any atom is 0.311 e. The highest BCUT2D eigenvalue weighted by molar-refractivity contribution is 6.04. The van der Waals surface area contributed by atoms with Crippen molar-refractivity contribution in [3.8, 4) is 5.75 Å². The van der Waals surface area contributed by atoms with E-state index in [1.54, 1.807) is 30.3 Å². The fraction of sp³-hybridized carbons (Fsp3) is 0. The number of nitro groups is 1. The van der Waals surface area contributed by atoms with Crippen LogP contribution in [0.3, 0.4) is 0 Å². The van der Waals surface area contributed by atoms with Crippen molar-refractivity contribution in [2.75, 3.05) is 5.32 Å². The van der Waals surface area contributed by atoms with Gasteiger partial charge in [-0.25, -0.2) is 0 Å². The van der Waals surface area contributed by atoms with Crippen LogP contribution in [0.2, 0.25) is 0 Å². The number of benzene rings is 2. The van der Waals surface area contributed by atoms with Crippen LogP contribution in [-0.4, -0.2) is 15.9 Å². The summed E-state index contributed by atoms with van der Waals surface area (Å²) in [5.41, 5.74) is 0.192. The molecule has 0 bridgehead atoms. The van der Waals surface area contributed by atoms with Gasteiger partial charge in [-0.05, 0) is 24.3 Å². The summed E-state index contributed by atoms with van der Waals surface area (Å²) >= 11 is 0. The van der Waals surface area contributed by atoms with Gasteiger partial charge in [0, 0.05) is 17.3 Å². The molecule has 1 amide bonds. The molecule has 0 saturated carbocycles. The number of nitrogens with one attached hydrogen (secondary N) is 1. The van der Waals surface area contributed by atoms with Crippen molar-refractivity contribution in [3.63, 3.8) is 0 Å². The van der Waals surface area contributed by atoms with Crippen LogP contribution in [0.4, 0.5) is 11.4 Å². The second-order valence-corrected chi connectivity index (χ2v) is 3.78. The average molecular weight is 258 g/mol. The van der Waals surface area contributed by atoms with E-state index in [-0.39, 0.29) is 5.56 Å². The van der Waals surface area contributed by atoms with Gasteiger partial charge in [0.25, 0.3) is 5.91 Å². The largest absolute Gasteiger partial charge is 0.502 e. The van der Waals surface area contributed by atoms with E-state index in [2.05, 4.69) is 5.32 Å². The van der Waals surface area contributed by atoms with Crippen LogP contribution in [0.25, 0.3) is 0 Å². The number of carbonyl (C=O) groups excluding carboxylic acids is 1. The van der Waals surface area contributed by atoms with Gasteiger partial charge >= 0.3 is 5.69 Å². The number of hydrogen-bond acceptors (Lipinski definition) is 4. The number of phenolic OH excluding ortho intramolecular Hbond substituents is 1. The molecule has 96 valence electrons. The molecule has 0 radical (unpaired) electrons. The van der Waals surface area contributed by atoms with Crippen LogP contribution in [-0.2, 0) is 0 Å². The zero-order chi connectivity index (χ0) is 13.8. The second kappa shape index (κ2) is 5.18. The molecule has 2 N–H and O–H groups in total. The van der Waals surface area contributed by atoms with Crippen LogP contribution in [0.15, 0.2) is 48.5 Å². The van der Waals surface area contributed by atoms with Gasteiger partial charge in [0.05, 0.1) is 4.92 Å². The van der Waals surface area contributed by atoms with Crippen molar-refractivity contribution < 1.29 is 14.8 Å². The highest BCUT2D eigenvalue weighted by Gasteiger charge is 2.16. The lowest BCUT2D eigenvalue weighted by Crippen LogP contribution is -2.11. The first-order chi connectivity index (χ1) is 9.08. The smallest absolute Gasteiger partial charge is 0.311 e. The number of para-hydroxylation sites is 1. The summed E-state index contributed by atoms with van der Waals surface area (Å²) in [6, 6.07) is 12.2. The minimum atomic E-state index is -0.741. The van der Waals surface area contributed by atoms with Crippen molar-refractivity contribution in [2.45, 2.75) is 0 Å². The highest BCUT2D eigenvalue weighted by Crippen LogP contribution is 2.26. The zero-order valence-electron chi connectivity index (χ0n) is 9.74. The van der Waals surface area contributed by atoms with E-state index in [9.17, 15) is 20.0 Å². The summed E-state index contributed by atoms with van der Waals surface area (Å²) < 4.78 is 0. The van der Waals surface area contributed by atoms with Gasteiger partial charge in [-0.3, -0.25) is 14.9 Å². The number of anilines is 1. The van der Waals surface area contributed by atoms with E-state index in [0.717, 1.165) is 12.1 Å². The Morgan fingerprint density at radius 3 is 2.47 bits per heavy atom. The number of rotatable bonds is 3. The first-order valence-electron chi connectivity index (χ1n) is 5.42. The molecule has 2 rings (SSSR count). The summed E-state index contributed by atoms with van der Waals surface area (Å²) in [6.45, 7) is 0. The predicted octanol–water partition coefficient (Wildman–Crippen LogP) is 2.55. The molecular formula is C13H10N2O4. The molecule has 0 aliphatic rings. The Kier molecular flexibility index (Phi) is 3.42. The number of aromatic hydroxyl groups is 1. The van der Waals surface area contributed by atoms with Crippen LogP contribution in [0.5, 0.6) is 5.75 Å². The van der Waals surface area contributed by atoms with Gasteiger partial charge in [-0.15, -0.1) is 0 Å². The van der Waals surface area contributed by atoms with Gasteiger partial charge < -0.3 is 10.4 Å². The van der Waals surface area contributed by atoms with E-state index in [4.69, 9.17) is 0 Å². The molecule has 2 aromatic carbocycles. The normalized spacial score (nSPS) is 9.89. The SMILES string of the molecule is O=C(Nc1ccccc1)c1ccc(O)c([N+](=O)[O-])c1. The Bertz CT molecular complexity index is 626. The van der Waals surface area contributed by atoms with Crippen molar-refractivity contribution in [3.05, 3.63) is 64.2 Å². The van der Waals surface area contributed by atoms with Crippen molar-refractivity contribution in [2.24, 2.45) is 0 Å². The van der Waals surface area contributed by atoms with E-state index >= 15 is 0 Å². The van der Waals surface area contributed by atoms with Gasteiger partial charge in [0.2, 0.25) is 0 Å². The lowest BCUT2D eigenvalue weighted by molar-refractivity contribution is -0.385. The van der Waals surface area contributed by atoms with Gasteiger partial charge in [-0.1, -0.05) is 18.2 Å². The molecule has 0 saturated heterocycles. The molecule has 2 aromatic rings. The molecule has 6 nitrogen and oxygen atoms in total. The molecule has 0 spiro atoms. The van der Waals surface area contributed by atoms with E-state index in [1.165, 1.54) is 6.07 Å². The number of amides is 1. The molecular weight excluding hydrogens is 248 g/mol. The minimum Gasteiger partial charge on any atom is -0.502 e. The third-order valence-corrected chi connectivity index (χ3v) is 2.47. The summed E-state index contributed by atoms with van der Waals surface area (Å²) in [4.78, 5) is 21.8. The van der Waals surface area contributed by atoms with Crippen molar-refractivity contribution in [1.29, 1.82) is 0 Å². The lowest BCUT2D eigenvalue weighted by atomic mass is 10.1. The number of phenols is 1. The van der Waals surface area contributed by atoms with Crippen LogP contribution < -0.4 is 5.32 Å². The van der Waals surface area contributed by atoms with Crippen LogP contribution in [0, 0.1) is 10.1 Å². The third-order valence-electron chi connectivity index (χ3n) is 2.47. The van der Waals surface area contributed by atoms with Crippen LogP contribution in [0.1, 0.15) is 10.4 Å². The Labute approximate surface area is 108 Å². The molecule has 0 aliphatic carbocycles. The Morgan fingerprint density at radius 2 is 1.84 bits per heavy atom. The summed E-state index contributed by atoms with van der Waals surface area (Å²) in [5.74, 6) is -0.949. The third kappa shape index (κ3) is 2.86. The molecule has 0 atom stereocenters. The Balaban J connectivity index is 2.25. The number of hydrogen-bond donors (Lipinski definition) is 2. The molecule has 6 heteroatoms. The molecule has 0 heterocycles. The zero-order valence-corrected chi connectivity index (χ0v) is 9.74. The standard InChI is InChI=1S/C13H10N2O4/c16-12-7-6-9(8-11(12)15(18)19)13(17)14-10-4-2-1-3-5-10/h1-8,16H,(H,14,17). The highest BCUT2D eigenvalue weighted by atomic mass is 16.6. The summed E-state index contributed by atoms with van der Waals surface area (Å²) in [6.07, 6.45) is 0. The summed E-state index contributed by atoms with van der Waals surface area (Å²) in [7, 11) is 0. The molecule has 0 aliphatic heterocycles. The topological polar surface area (TPSA) is 92.5 Å². The van der Waals surface area contributed by atoms with Crippen LogP contribution >= 0.6 is 0 Å².